The Bertz CT molecular complexity index is 770. The standard InChI is InChI=1S/C20H23NO5/c1-13(15-4-6-16(25-3)7-5-15)11-19(22)21-18-9-8-17(10-14(18)2)26-12-20(23)24/h4-10,13H,11-12H2,1-3H3,(H,21,22)(H,23,24). The zero-order valence-electron chi connectivity index (χ0n) is 15.1. The molecule has 0 fully saturated rings. The second kappa shape index (κ2) is 8.89. The Morgan fingerprint density at radius 3 is 2.35 bits per heavy atom. The number of anilines is 1. The van der Waals surface area contributed by atoms with E-state index in [1.807, 2.05) is 38.1 Å². The van der Waals surface area contributed by atoms with E-state index in [0.29, 0.717) is 17.9 Å². The van der Waals surface area contributed by atoms with Crippen LogP contribution in [0.25, 0.3) is 0 Å². The monoisotopic (exact) mass is 357 g/mol. The first kappa shape index (κ1) is 19.3. The number of aryl methyl sites for hydroxylation is 1. The molecule has 2 N–H and O–H groups in total. The van der Waals surface area contributed by atoms with E-state index in [1.54, 1.807) is 25.3 Å². The molecule has 1 unspecified atom stereocenters. The topological polar surface area (TPSA) is 84.9 Å². The third-order valence-corrected chi connectivity index (χ3v) is 4.01. The molecular weight excluding hydrogens is 334 g/mol. The zero-order chi connectivity index (χ0) is 19.1. The highest BCUT2D eigenvalue weighted by molar-refractivity contribution is 5.92. The minimum absolute atomic E-state index is 0.0689. The van der Waals surface area contributed by atoms with Crippen LogP contribution in [0.3, 0.4) is 0 Å². The molecule has 1 atom stereocenters. The van der Waals surface area contributed by atoms with Crippen LogP contribution < -0.4 is 14.8 Å². The van der Waals surface area contributed by atoms with Gasteiger partial charge in [0.1, 0.15) is 11.5 Å². The highest BCUT2D eigenvalue weighted by atomic mass is 16.5. The summed E-state index contributed by atoms with van der Waals surface area (Å²) in [6, 6.07) is 12.7. The fourth-order valence-corrected chi connectivity index (χ4v) is 2.54. The second-order valence-corrected chi connectivity index (χ2v) is 6.09. The molecule has 0 saturated carbocycles. The lowest BCUT2D eigenvalue weighted by Gasteiger charge is -2.14. The number of methoxy groups -OCH3 is 1. The molecule has 0 aliphatic heterocycles. The van der Waals surface area contributed by atoms with Crippen LogP contribution in [0.1, 0.15) is 30.4 Å². The molecule has 6 nitrogen and oxygen atoms in total. The highest BCUT2D eigenvalue weighted by Gasteiger charge is 2.13. The van der Waals surface area contributed by atoms with Gasteiger partial charge in [-0.3, -0.25) is 4.79 Å². The molecule has 2 aromatic carbocycles. The molecule has 2 aromatic rings. The van der Waals surface area contributed by atoms with Gasteiger partial charge in [0.15, 0.2) is 6.61 Å². The first-order valence-corrected chi connectivity index (χ1v) is 8.28. The van der Waals surface area contributed by atoms with Gasteiger partial charge in [-0.2, -0.15) is 0 Å². The zero-order valence-corrected chi connectivity index (χ0v) is 15.1. The minimum Gasteiger partial charge on any atom is -0.497 e. The predicted octanol–water partition coefficient (Wildman–Crippen LogP) is 3.60. The van der Waals surface area contributed by atoms with Crippen LogP contribution in [-0.4, -0.2) is 30.7 Å². The van der Waals surface area contributed by atoms with Crippen LogP contribution in [-0.2, 0) is 9.59 Å². The van der Waals surface area contributed by atoms with Gasteiger partial charge in [0.2, 0.25) is 5.91 Å². The van der Waals surface area contributed by atoms with Crippen molar-refractivity contribution in [2.24, 2.45) is 0 Å². The van der Waals surface area contributed by atoms with E-state index < -0.39 is 12.6 Å². The predicted molar refractivity (Wildman–Crippen MR) is 99.0 cm³/mol. The maximum atomic E-state index is 12.3. The van der Waals surface area contributed by atoms with Gasteiger partial charge in [-0.15, -0.1) is 0 Å². The first-order chi connectivity index (χ1) is 12.4. The van der Waals surface area contributed by atoms with E-state index in [4.69, 9.17) is 14.6 Å². The molecule has 0 spiro atoms. The van der Waals surface area contributed by atoms with E-state index in [0.717, 1.165) is 16.9 Å². The molecule has 138 valence electrons. The van der Waals surface area contributed by atoms with Gasteiger partial charge in [-0.1, -0.05) is 19.1 Å². The van der Waals surface area contributed by atoms with Crippen molar-refractivity contribution in [3.8, 4) is 11.5 Å². The van der Waals surface area contributed by atoms with Crippen molar-refractivity contribution in [3.05, 3.63) is 53.6 Å². The van der Waals surface area contributed by atoms with Gasteiger partial charge < -0.3 is 19.9 Å². The molecule has 2 rings (SSSR count). The average molecular weight is 357 g/mol. The number of carbonyl (C=O) groups excluding carboxylic acids is 1. The van der Waals surface area contributed by atoms with Crippen molar-refractivity contribution in [1.29, 1.82) is 0 Å². The third kappa shape index (κ3) is 5.51. The second-order valence-electron chi connectivity index (χ2n) is 6.09. The van der Waals surface area contributed by atoms with Crippen molar-refractivity contribution in [2.75, 3.05) is 19.0 Å². The summed E-state index contributed by atoms with van der Waals surface area (Å²) in [6.45, 7) is 3.43. The van der Waals surface area contributed by atoms with Gasteiger partial charge in [0.25, 0.3) is 0 Å². The van der Waals surface area contributed by atoms with Crippen LogP contribution in [0, 0.1) is 6.92 Å². The normalized spacial score (nSPS) is 11.5. The summed E-state index contributed by atoms with van der Waals surface area (Å²) in [6.07, 6.45) is 0.350. The number of rotatable bonds is 8. The number of nitrogens with one attached hydrogen (secondary N) is 1. The van der Waals surface area contributed by atoms with E-state index in [2.05, 4.69) is 5.32 Å². The van der Waals surface area contributed by atoms with E-state index in [9.17, 15) is 9.59 Å². The SMILES string of the molecule is COc1ccc(C(C)CC(=O)Nc2ccc(OCC(=O)O)cc2C)cc1. The van der Waals surface area contributed by atoms with Gasteiger partial charge in [0.05, 0.1) is 7.11 Å². The Hall–Kier alpha value is -3.02. The fraction of sp³-hybridized carbons (Fsp3) is 0.300. The molecule has 0 radical (unpaired) electrons. The maximum Gasteiger partial charge on any atom is 0.341 e. The lowest BCUT2D eigenvalue weighted by molar-refractivity contribution is -0.139. The Morgan fingerprint density at radius 2 is 1.77 bits per heavy atom. The fourth-order valence-electron chi connectivity index (χ4n) is 2.54. The number of carbonyl (C=O) groups is 2. The summed E-state index contributed by atoms with van der Waals surface area (Å²) in [5, 5.41) is 11.5. The van der Waals surface area contributed by atoms with Crippen molar-refractivity contribution in [2.45, 2.75) is 26.2 Å². The number of amides is 1. The Labute approximate surface area is 152 Å². The van der Waals surface area contributed by atoms with Crippen LogP contribution in [0.5, 0.6) is 11.5 Å². The summed E-state index contributed by atoms with van der Waals surface area (Å²) < 4.78 is 10.3. The number of hydrogen-bond acceptors (Lipinski definition) is 4. The molecule has 0 aliphatic carbocycles. The summed E-state index contributed by atoms with van der Waals surface area (Å²) in [5.74, 6) is 0.184. The molecule has 1 amide bonds. The van der Waals surface area contributed by atoms with Crippen molar-refractivity contribution >= 4 is 17.6 Å². The maximum absolute atomic E-state index is 12.3. The van der Waals surface area contributed by atoms with Crippen LogP contribution >= 0.6 is 0 Å². The van der Waals surface area contributed by atoms with Gasteiger partial charge >= 0.3 is 5.97 Å². The molecule has 0 aliphatic rings. The molecule has 26 heavy (non-hydrogen) atoms. The van der Waals surface area contributed by atoms with E-state index in [-0.39, 0.29) is 11.8 Å². The molecular formula is C20H23NO5. The Kier molecular flexibility index (Phi) is 6.60. The number of ether oxygens (including phenoxy) is 2. The van der Waals surface area contributed by atoms with Crippen molar-refractivity contribution in [1.82, 2.24) is 0 Å². The van der Waals surface area contributed by atoms with Gasteiger partial charge in [-0.05, 0) is 54.3 Å². The summed E-state index contributed by atoms with van der Waals surface area (Å²) >= 11 is 0. The lowest BCUT2D eigenvalue weighted by atomic mass is 9.97. The molecule has 0 bridgehead atoms. The Morgan fingerprint density at radius 1 is 1.12 bits per heavy atom. The van der Waals surface area contributed by atoms with Crippen LogP contribution in [0.4, 0.5) is 5.69 Å². The number of benzene rings is 2. The van der Waals surface area contributed by atoms with E-state index in [1.165, 1.54) is 0 Å². The number of carboxylic acids is 1. The lowest BCUT2D eigenvalue weighted by Crippen LogP contribution is -2.15. The number of hydrogen-bond donors (Lipinski definition) is 2. The van der Waals surface area contributed by atoms with Crippen LogP contribution in [0.15, 0.2) is 42.5 Å². The molecule has 0 saturated heterocycles. The molecule has 6 heteroatoms. The smallest absolute Gasteiger partial charge is 0.341 e. The van der Waals surface area contributed by atoms with Gasteiger partial charge in [0, 0.05) is 12.1 Å². The molecule has 0 aromatic heterocycles. The van der Waals surface area contributed by atoms with Crippen molar-refractivity contribution < 1.29 is 24.2 Å². The van der Waals surface area contributed by atoms with E-state index >= 15 is 0 Å². The van der Waals surface area contributed by atoms with Crippen LogP contribution in [0.2, 0.25) is 0 Å². The largest absolute Gasteiger partial charge is 0.497 e. The average Bonchev–Trinajstić information content (AvgIpc) is 2.62. The summed E-state index contributed by atoms with van der Waals surface area (Å²) in [5.41, 5.74) is 2.55. The highest BCUT2D eigenvalue weighted by Crippen LogP contribution is 2.24. The summed E-state index contributed by atoms with van der Waals surface area (Å²) in [7, 11) is 1.62. The number of aliphatic carboxylic acids is 1. The number of carboxylic acid groups (broad SMARTS) is 1. The quantitative estimate of drug-likeness (QED) is 0.754. The van der Waals surface area contributed by atoms with Gasteiger partial charge in [-0.25, -0.2) is 4.79 Å². The third-order valence-electron chi connectivity index (χ3n) is 4.01. The minimum atomic E-state index is -1.03. The van der Waals surface area contributed by atoms with Crippen molar-refractivity contribution in [3.63, 3.8) is 0 Å². The Balaban J connectivity index is 1.94. The first-order valence-electron chi connectivity index (χ1n) is 8.28. The summed E-state index contributed by atoms with van der Waals surface area (Å²) in [4.78, 5) is 22.9. The molecule has 0 heterocycles.